The second-order valence-corrected chi connectivity index (χ2v) is 3.51. The molecule has 0 aliphatic heterocycles. The lowest BCUT2D eigenvalue weighted by Crippen LogP contribution is -2.45. The van der Waals surface area contributed by atoms with Gasteiger partial charge in [-0.3, -0.25) is 11.3 Å². The molecule has 0 aromatic carbocycles. The van der Waals surface area contributed by atoms with Crippen LogP contribution in [0.2, 0.25) is 0 Å². The van der Waals surface area contributed by atoms with E-state index in [2.05, 4.69) is 10.3 Å². The van der Waals surface area contributed by atoms with Crippen molar-refractivity contribution >= 4 is 0 Å². The summed E-state index contributed by atoms with van der Waals surface area (Å²) in [7, 11) is 4.03. The summed E-state index contributed by atoms with van der Waals surface area (Å²) in [6.45, 7) is 5.59. The van der Waals surface area contributed by atoms with Crippen molar-refractivity contribution in [3.63, 3.8) is 0 Å². The van der Waals surface area contributed by atoms with Crippen molar-refractivity contribution < 1.29 is 4.74 Å². The summed E-state index contributed by atoms with van der Waals surface area (Å²) in [4.78, 5) is 2.08. The molecule has 0 rings (SSSR count). The van der Waals surface area contributed by atoms with Gasteiger partial charge in [-0.15, -0.1) is 0 Å². The summed E-state index contributed by atoms with van der Waals surface area (Å²) < 4.78 is 5.43. The molecule has 0 bridgehead atoms. The van der Waals surface area contributed by atoms with Gasteiger partial charge in [-0.1, -0.05) is 0 Å². The van der Waals surface area contributed by atoms with Crippen molar-refractivity contribution in [3.05, 3.63) is 0 Å². The Morgan fingerprint density at radius 2 is 2.00 bits per heavy atom. The number of hydrazine groups is 1. The van der Waals surface area contributed by atoms with E-state index in [-0.39, 0.29) is 12.1 Å². The van der Waals surface area contributed by atoms with Crippen LogP contribution in [0.25, 0.3) is 0 Å². The largest absolute Gasteiger partial charge is 0.377 e. The molecular weight excluding hydrogens is 154 g/mol. The highest BCUT2D eigenvalue weighted by Gasteiger charge is 2.08. The van der Waals surface area contributed by atoms with Gasteiger partial charge in [-0.05, 0) is 27.9 Å². The van der Waals surface area contributed by atoms with E-state index in [0.29, 0.717) is 6.61 Å². The fourth-order valence-electron chi connectivity index (χ4n) is 0.903. The molecular formula is C8H21N3O. The van der Waals surface area contributed by atoms with Crippen LogP contribution in [-0.2, 0) is 4.74 Å². The molecule has 3 N–H and O–H groups in total. The molecule has 0 aromatic heterocycles. The minimum atomic E-state index is 0.211. The molecule has 74 valence electrons. The van der Waals surface area contributed by atoms with Gasteiger partial charge in [0.05, 0.1) is 18.8 Å². The topological polar surface area (TPSA) is 50.5 Å². The van der Waals surface area contributed by atoms with E-state index in [4.69, 9.17) is 10.6 Å². The lowest BCUT2D eigenvalue weighted by atomic mass is 10.3. The fraction of sp³-hybridized carbons (Fsp3) is 1.00. The van der Waals surface area contributed by atoms with Gasteiger partial charge in [0, 0.05) is 6.54 Å². The third-order valence-corrected chi connectivity index (χ3v) is 1.45. The van der Waals surface area contributed by atoms with Crippen molar-refractivity contribution in [3.8, 4) is 0 Å². The molecule has 4 nitrogen and oxygen atoms in total. The van der Waals surface area contributed by atoms with Crippen molar-refractivity contribution in [2.75, 3.05) is 27.2 Å². The number of hydrogen-bond donors (Lipinski definition) is 2. The van der Waals surface area contributed by atoms with Gasteiger partial charge in [-0.2, -0.15) is 0 Å². The molecule has 0 radical (unpaired) electrons. The van der Waals surface area contributed by atoms with Gasteiger partial charge in [0.1, 0.15) is 0 Å². The number of nitrogens with zero attached hydrogens (tertiary/aromatic N) is 1. The number of hydrogen-bond acceptors (Lipinski definition) is 4. The Hall–Kier alpha value is -0.160. The van der Waals surface area contributed by atoms with E-state index in [1.807, 2.05) is 27.9 Å². The van der Waals surface area contributed by atoms with E-state index in [9.17, 15) is 0 Å². The SMILES string of the molecule is CC(C)OCC(CN(C)C)NN. The quantitative estimate of drug-likeness (QED) is 0.434. The lowest BCUT2D eigenvalue weighted by molar-refractivity contribution is 0.0558. The molecule has 0 saturated heterocycles. The van der Waals surface area contributed by atoms with Crippen molar-refractivity contribution in [1.82, 2.24) is 10.3 Å². The summed E-state index contributed by atoms with van der Waals surface area (Å²) >= 11 is 0. The highest BCUT2D eigenvalue weighted by Crippen LogP contribution is 1.92. The zero-order chi connectivity index (χ0) is 9.56. The van der Waals surface area contributed by atoms with Crippen LogP contribution in [0, 0.1) is 0 Å². The zero-order valence-corrected chi connectivity index (χ0v) is 8.50. The summed E-state index contributed by atoms with van der Waals surface area (Å²) in [5, 5.41) is 0. The highest BCUT2D eigenvalue weighted by atomic mass is 16.5. The van der Waals surface area contributed by atoms with Gasteiger partial charge in [0.15, 0.2) is 0 Å². The summed E-state index contributed by atoms with van der Waals surface area (Å²) in [5.74, 6) is 5.35. The Kier molecular flexibility index (Phi) is 6.28. The van der Waals surface area contributed by atoms with Crippen LogP contribution in [0.5, 0.6) is 0 Å². The molecule has 12 heavy (non-hydrogen) atoms. The average Bonchev–Trinajstić information content (AvgIpc) is 1.97. The molecule has 1 unspecified atom stereocenters. The predicted molar refractivity (Wildman–Crippen MR) is 50.8 cm³/mol. The number of nitrogens with one attached hydrogen (secondary N) is 1. The van der Waals surface area contributed by atoms with Crippen LogP contribution < -0.4 is 11.3 Å². The molecule has 0 spiro atoms. The Labute approximate surface area is 75.0 Å². The number of nitrogens with two attached hydrogens (primary N) is 1. The van der Waals surface area contributed by atoms with Crippen LogP contribution >= 0.6 is 0 Å². The predicted octanol–water partition coefficient (Wildman–Crippen LogP) is -0.195. The minimum absolute atomic E-state index is 0.211. The maximum atomic E-state index is 5.43. The monoisotopic (exact) mass is 175 g/mol. The van der Waals surface area contributed by atoms with Crippen LogP contribution in [0.1, 0.15) is 13.8 Å². The molecule has 0 amide bonds. The molecule has 0 aliphatic carbocycles. The van der Waals surface area contributed by atoms with E-state index >= 15 is 0 Å². The van der Waals surface area contributed by atoms with Crippen molar-refractivity contribution in [2.45, 2.75) is 26.0 Å². The number of likely N-dealkylation sites (N-methyl/N-ethyl adjacent to an activating group) is 1. The Morgan fingerprint density at radius 3 is 2.33 bits per heavy atom. The first kappa shape index (κ1) is 11.8. The minimum Gasteiger partial charge on any atom is -0.377 e. The van der Waals surface area contributed by atoms with Gasteiger partial charge in [0.2, 0.25) is 0 Å². The van der Waals surface area contributed by atoms with Crippen LogP contribution in [0.15, 0.2) is 0 Å². The second kappa shape index (κ2) is 6.37. The standard InChI is InChI=1S/C8H21N3O/c1-7(2)12-6-8(10-9)5-11(3)4/h7-8,10H,5-6,9H2,1-4H3. The van der Waals surface area contributed by atoms with Crippen molar-refractivity contribution in [2.24, 2.45) is 5.84 Å². The van der Waals surface area contributed by atoms with E-state index < -0.39 is 0 Å². The van der Waals surface area contributed by atoms with Crippen LogP contribution in [-0.4, -0.2) is 44.3 Å². The molecule has 0 aliphatic rings. The number of ether oxygens (including phenoxy) is 1. The molecule has 1 atom stereocenters. The smallest absolute Gasteiger partial charge is 0.0649 e. The zero-order valence-electron chi connectivity index (χ0n) is 8.50. The van der Waals surface area contributed by atoms with E-state index in [1.165, 1.54) is 0 Å². The summed E-state index contributed by atoms with van der Waals surface area (Å²) in [5.41, 5.74) is 2.72. The van der Waals surface area contributed by atoms with Crippen LogP contribution in [0.3, 0.4) is 0 Å². The fourth-order valence-corrected chi connectivity index (χ4v) is 0.903. The average molecular weight is 175 g/mol. The maximum Gasteiger partial charge on any atom is 0.0649 e. The van der Waals surface area contributed by atoms with Crippen molar-refractivity contribution in [1.29, 1.82) is 0 Å². The lowest BCUT2D eigenvalue weighted by Gasteiger charge is -2.21. The normalized spacial score (nSPS) is 14.2. The molecule has 0 heterocycles. The molecule has 4 heteroatoms. The van der Waals surface area contributed by atoms with Gasteiger partial charge < -0.3 is 9.64 Å². The first-order valence-corrected chi connectivity index (χ1v) is 4.28. The third kappa shape index (κ3) is 6.54. The molecule has 0 saturated carbocycles. The molecule has 0 fully saturated rings. The summed E-state index contributed by atoms with van der Waals surface area (Å²) in [6.07, 6.45) is 0.267. The van der Waals surface area contributed by atoms with E-state index in [1.54, 1.807) is 0 Å². The molecule has 0 aromatic rings. The first-order chi connectivity index (χ1) is 5.56. The third-order valence-electron chi connectivity index (χ3n) is 1.45. The Morgan fingerprint density at radius 1 is 1.42 bits per heavy atom. The van der Waals surface area contributed by atoms with Crippen LogP contribution in [0.4, 0.5) is 0 Å². The maximum absolute atomic E-state index is 5.43. The first-order valence-electron chi connectivity index (χ1n) is 4.28. The van der Waals surface area contributed by atoms with Gasteiger partial charge in [-0.25, -0.2) is 0 Å². The van der Waals surface area contributed by atoms with Gasteiger partial charge in [0.25, 0.3) is 0 Å². The second-order valence-electron chi connectivity index (χ2n) is 3.51. The Balaban J connectivity index is 3.53. The summed E-state index contributed by atoms with van der Waals surface area (Å²) in [6, 6.07) is 0.211. The van der Waals surface area contributed by atoms with E-state index in [0.717, 1.165) is 6.54 Å². The number of rotatable bonds is 6. The van der Waals surface area contributed by atoms with Gasteiger partial charge >= 0.3 is 0 Å². The highest BCUT2D eigenvalue weighted by molar-refractivity contribution is 4.65. The Bertz CT molecular complexity index is 106.